The van der Waals surface area contributed by atoms with Crippen LogP contribution < -0.4 is 9.64 Å². The van der Waals surface area contributed by atoms with Gasteiger partial charge in [-0.05, 0) is 31.5 Å². The van der Waals surface area contributed by atoms with Gasteiger partial charge in [-0.25, -0.2) is 0 Å². The topological polar surface area (TPSA) is 32.7 Å². The SMILES string of the molecule is CCN(CC)c1ccc(CO)cc1OC. The Morgan fingerprint density at radius 1 is 1.27 bits per heavy atom. The normalized spacial score (nSPS) is 10.1. The molecule has 1 aromatic rings. The number of anilines is 1. The number of hydrogen-bond acceptors (Lipinski definition) is 3. The Balaban J connectivity index is 3.06. The summed E-state index contributed by atoms with van der Waals surface area (Å²) in [5.41, 5.74) is 1.96. The van der Waals surface area contributed by atoms with E-state index >= 15 is 0 Å². The summed E-state index contributed by atoms with van der Waals surface area (Å²) >= 11 is 0. The first kappa shape index (κ1) is 11.9. The van der Waals surface area contributed by atoms with Crippen molar-refractivity contribution in [2.45, 2.75) is 20.5 Å². The number of aliphatic hydroxyl groups is 1. The van der Waals surface area contributed by atoms with E-state index in [-0.39, 0.29) is 6.61 Å². The quantitative estimate of drug-likeness (QED) is 0.805. The highest BCUT2D eigenvalue weighted by Crippen LogP contribution is 2.29. The predicted octanol–water partition coefficient (Wildman–Crippen LogP) is 2.03. The molecule has 0 heterocycles. The molecule has 0 atom stereocenters. The molecule has 0 aromatic heterocycles. The van der Waals surface area contributed by atoms with Crippen molar-refractivity contribution >= 4 is 5.69 Å². The number of rotatable bonds is 5. The number of methoxy groups -OCH3 is 1. The monoisotopic (exact) mass is 209 g/mol. The number of benzene rings is 1. The highest BCUT2D eigenvalue weighted by Gasteiger charge is 2.09. The van der Waals surface area contributed by atoms with Crippen LogP contribution in [-0.4, -0.2) is 25.3 Å². The lowest BCUT2D eigenvalue weighted by Crippen LogP contribution is -2.22. The molecule has 3 heteroatoms. The van der Waals surface area contributed by atoms with E-state index in [0.29, 0.717) is 0 Å². The summed E-state index contributed by atoms with van der Waals surface area (Å²) in [7, 11) is 1.66. The average Bonchev–Trinajstić information content (AvgIpc) is 2.31. The lowest BCUT2D eigenvalue weighted by Gasteiger charge is -2.23. The molecule has 0 fully saturated rings. The number of ether oxygens (including phenoxy) is 1. The van der Waals surface area contributed by atoms with Crippen molar-refractivity contribution in [2.75, 3.05) is 25.1 Å². The van der Waals surface area contributed by atoms with Gasteiger partial charge in [-0.1, -0.05) is 6.07 Å². The molecule has 0 amide bonds. The summed E-state index contributed by atoms with van der Waals surface area (Å²) in [5.74, 6) is 0.824. The molecule has 15 heavy (non-hydrogen) atoms. The molecular formula is C12H19NO2. The summed E-state index contributed by atoms with van der Waals surface area (Å²) in [6.45, 7) is 6.18. The largest absolute Gasteiger partial charge is 0.495 e. The highest BCUT2D eigenvalue weighted by molar-refractivity contribution is 5.59. The van der Waals surface area contributed by atoms with Gasteiger partial charge in [-0.2, -0.15) is 0 Å². The number of hydrogen-bond donors (Lipinski definition) is 1. The lowest BCUT2D eigenvalue weighted by atomic mass is 10.2. The second-order valence-corrected chi connectivity index (χ2v) is 3.34. The van der Waals surface area contributed by atoms with E-state index in [2.05, 4.69) is 18.7 Å². The molecule has 0 radical (unpaired) electrons. The second kappa shape index (κ2) is 5.61. The third-order valence-electron chi connectivity index (χ3n) is 2.53. The van der Waals surface area contributed by atoms with E-state index in [1.54, 1.807) is 7.11 Å². The van der Waals surface area contributed by atoms with E-state index < -0.39 is 0 Å². The maximum absolute atomic E-state index is 9.03. The molecule has 1 rings (SSSR count). The third kappa shape index (κ3) is 2.63. The molecule has 1 aromatic carbocycles. The van der Waals surface area contributed by atoms with Crippen molar-refractivity contribution in [3.8, 4) is 5.75 Å². The van der Waals surface area contributed by atoms with E-state index in [0.717, 1.165) is 30.1 Å². The fourth-order valence-corrected chi connectivity index (χ4v) is 1.65. The summed E-state index contributed by atoms with van der Waals surface area (Å²) in [6, 6.07) is 5.81. The molecule has 0 saturated heterocycles. The molecule has 0 saturated carbocycles. The van der Waals surface area contributed by atoms with Crippen molar-refractivity contribution in [2.24, 2.45) is 0 Å². The van der Waals surface area contributed by atoms with Gasteiger partial charge in [0.25, 0.3) is 0 Å². The maximum Gasteiger partial charge on any atom is 0.142 e. The van der Waals surface area contributed by atoms with Crippen LogP contribution in [0.2, 0.25) is 0 Å². The smallest absolute Gasteiger partial charge is 0.142 e. The molecule has 0 aliphatic carbocycles. The minimum absolute atomic E-state index is 0.0505. The Bertz CT molecular complexity index is 308. The standard InChI is InChI=1S/C12H19NO2/c1-4-13(5-2)11-7-6-10(9-14)8-12(11)15-3/h6-8,14H,4-5,9H2,1-3H3. The molecular weight excluding hydrogens is 190 g/mol. The zero-order valence-corrected chi connectivity index (χ0v) is 9.66. The van der Waals surface area contributed by atoms with Gasteiger partial charge in [0, 0.05) is 13.1 Å². The fourth-order valence-electron chi connectivity index (χ4n) is 1.65. The van der Waals surface area contributed by atoms with Crippen LogP contribution in [0.15, 0.2) is 18.2 Å². The van der Waals surface area contributed by atoms with Gasteiger partial charge in [-0.3, -0.25) is 0 Å². The summed E-state index contributed by atoms with van der Waals surface area (Å²) < 4.78 is 5.32. The van der Waals surface area contributed by atoms with E-state index in [4.69, 9.17) is 9.84 Å². The average molecular weight is 209 g/mol. The van der Waals surface area contributed by atoms with Gasteiger partial charge in [0.2, 0.25) is 0 Å². The van der Waals surface area contributed by atoms with Crippen LogP contribution >= 0.6 is 0 Å². The number of nitrogens with zero attached hydrogens (tertiary/aromatic N) is 1. The summed E-state index contributed by atoms with van der Waals surface area (Å²) in [6.07, 6.45) is 0. The zero-order valence-electron chi connectivity index (χ0n) is 9.66. The van der Waals surface area contributed by atoms with E-state index in [1.807, 2.05) is 18.2 Å². The Kier molecular flexibility index (Phi) is 4.43. The van der Waals surface area contributed by atoms with Crippen LogP contribution in [0, 0.1) is 0 Å². The zero-order chi connectivity index (χ0) is 11.3. The van der Waals surface area contributed by atoms with E-state index in [9.17, 15) is 0 Å². The van der Waals surface area contributed by atoms with Crippen LogP contribution in [0.25, 0.3) is 0 Å². The molecule has 0 aliphatic heterocycles. The molecule has 3 nitrogen and oxygen atoms in total. The van der Waals surface area contributed by atoms with Crippen molar-refractivity contribution in [1.82, 2.24) is 0 Å². The third-order valence-corrected chi connectivity index (χ3v) is 2.53. The minimum Gasteiger partial charge on any atom is -0.495 e. The number of aliphatic hydroxyl groups excluding tert-OH is 1. The van der Waals surface area contributed by atoms with Gasteiger partial charge in [0.1, 0.15) is 5.75 Å². The van der Waals surface area contributed by atoms with E-state index in [1.165, 1.54) is 0 Å². The van der Waals surface area contributed by atoms with Gasteiger partial charge in [0.05, 0.1) is 19.4 Å². The van der Waals surface area contributed by atoms with Crippen LogP contribution in [0.5, 0.6) is 5.75 Å². The Labute approximate surface area is 91.3 Å². The van der Waals surface area contributed by atoms with Gasteiger partial charge >= 0.3 is 0 Å². The second-order valence-electron chi connectivity index (χ2n) is 3.34. The molecule has 0 aliphatic rings. The van der Waals surface area contributed by atoms with Crippen LogP contribution in [0.4, 0.5) is 5.69 Å². The predicted molar refractivity (Wildman–Crippen MR) is 62.5 cm³/mol. The molecule has 84 valence electrons. The van der Waals surface area contributed by atoms with Crippen molar-refractivity contribution in [3.05, 3.63) is 23.8 Å². The fraction of sp³-hybridized carbons (Fsp3) is 0.500. The lowest BCUT2D eigenvalue weighted by molar-refractivity contribution is 0.281. The van der Waals surface area contributed by atoms with Gasteiger partial charge < -0.3 is 14.7 Å². The maximum atomic E-state index is 9.03. The Morgan fingerprint density at radius 3 is 2.40 bits per heavy atom. The van der Waals surface area contributed by atoms with Crippen molar-refractivity contribution < 1.29 is 9.84 Å². The van der Waals surface area contributed by atoms with Crippen LogP contribution in [0.1, 0.15) is 19.4 Å². The molecule has 0 unspecified atom stereocenters. The highest BCUT2D eigenvalue weighted by atomic mass is 16.5. The Hall–Kier alpha value is -1.22. The summed E-state index contributed by atoms with van der Waals surface area (Å²) in [5, 5.41) is 9.03. The van der Waals surface area contributed by atoms with Crippen LogP contribution in [0.3, 0.4) is 0 Å². The molecule has 0 bridgehead atoms. The Morgan fingerprint density at radius 2 is 1.93 bits per heavy atom. The minimum atomic E-state index is 0.0505. The first-order valence-corrected chi connectivity index (χ1v) is 5.29. The first-order chi connectivity index (χ1) is 7.26. The molecule has 1 N–H and O–H groups in total. The van der Waals surface area contributed by atoms with Gasteiger partial charge in [-0.15, -0.1) is 0 Å². The molecule has 0 spiro atoms. The van der Waals surface area contributed by atoms with Crippen molar-refractivity contribution in [3.63, 3.8) is 0 Å². The van der Waals surface area contributed by atoms with Gasteiger partial charge in [0.15, 0.2) is 0 Å². The van der Waals surface area contributed by atoms with Crippen molar-refractivity contribution in [1.29, 1.82) is 0 Å². The first-order valence-electron chi connectivity index (χ1n) is 5.29. The summed E-state index contributed by atoms with van der Waals surface area (Å²) in [4.78, 5) is 2.22. The van der Waals surface area contributed by atoms with Crippen LogP contribution in [-0.2, 0) is 6.61 Å².